The Balaban J connectivity index is 1.52. The molecule has 162 valence electrons. The van der Waals surface area contributed by atoms with Crippen LogP contribution in [0.2, 0.25) is 0 Å². The van der Waals surface area contributed by atoms with Gasteiger partial charge in [0.2, 0.25) is 0 Å². The molecule has 4 aliphatic rings. The summed E-state index contributed by atoms with van der Waals surface area (Å²) in [6, 6.07) is 0. The topological polar surface area (TPSA) is 34.1 Å². The van der Waals surface area contributed by atoms with Crippen molar-refractivity contribution in [3.05, 3.63) is 12.2 Å². The molecule has 4 rings (SSSR count). The molecule has 2 heteroatoms. The van der Waals surface area contributed by atoms with Crippen LogP contribution in [0.25, 0.3) is 0 Å². The van der Waals surface area contributed by atoms with Crippen LogP contribution in [0.4, 0.5) is 0 Å². The predicted octanol–water partition coefficient (Wildman–Crippen LogP) is 6.63. The molecule has 3 fully saturated rings. The number of fused-ring (bicyclic) bond motifs is 5. The Morgan fingerprint density at radius 1 is 1.07 bits per heavy atom. The van der Waals surface area contributed by atoms with Crippen molar-refractivity contribution in [1.82, 2.24) is 0 Å². The van der Waals surface area contributed by atoms with Crippen LogP contribution >= 0.6 is 0 Å². The second kappa shape index (κ2) is 7.65. The average Bonchev–Trinajstić information content (AvgIpc) is 3.03. The van der Waals surface area contributed by atoms with Gasteiger partial charge in [-0.3, -0.25) is 9.59 Å². The molecular weight excluding hydrogens is 356 g/mol. The standard InChI is InChI=1S/C27H42O2/c1-17(2)6-11-25(29)18(3)22-9-10-23-21-8-7-19-16-20(28)12-14-26(19,4)24(21)13-15-27(22,23)5/h12,14,17-19,21-24H,6-11,13,15-16H2,1-5H3. The minimum Gasteiger partial charge on any atom is -0.299 e. The van der Waals surface area contributed by atoms with Crippen molar-refractivity contribution >= 4 is 11.6 Å². The molecule has 0 heterocycles. The molecule has 4 aliphatic carbocycles. The molecule has 0 amide bonds. The van der Waals surface area contributed by atoms with Gasteiger partial charge in [0.25, 0.3) is 0 Å². The van der Waals surface area contributed by atoms with Crippen molar-refractivity contribution in [2.24, 2.45) is 52.3 Å². The Bertz CT molecular complexity index is 691. The third-order valence-corrected chi connectivity index (χ3v) is 10.2. The summed E-state index contributed by atoms with van der Waals surface area (Å²) in [5, 5.41) is 0. The van der Waals surface area contributed by atoms with Gasteiger partial charge < -0.3 is 0 Å². The highest BCUT2D eigenvalue weighted by molar-refractivity contribution is 5.91. The zero-order valence-corrected chi connectivity index (χ0v) is 19.4. The van der Waals surface area contributed by atoms with E-state index < -0.39 is 0 Å². The number of ketones is 2. The maximum Gasteiger partial charge on any atom is 0.155 e. The zero-order chi connectivity index (χ0) is 21.0. The van der Waals surface area contributed by atoms with Gasteiger partial charge in [-0.05, 0) is 97.4 Å². The monoisotopic (exact) mass is 398 g/mol. The normalized spacial score (nSPS) is 44.9. The third-order valence-electron chi connectivity index (χ3n) is 10.2. The Morgan fingerprint density at radius 2 is 1.83 bits per heavy atom. The van der Waals surface area contributed by atoms with Crippen molar-refractivity contribution in [2.75, 3.05) is 0 Å². The number of carbonyl (C=O) groups is 2. The summed E-state index contributed by atoms with van der Waals surface area (Å²) in [4.78, 5) is 25.0. The maximum atomic E-state index is 13.0. The Labute approximate surface area is 178 Å². The van der Waals surface area contributed by atoms with E-state index in [1.807, 2.05) is 6.08 Å². The first kappa shape index (κ1) is 21.3. The minimum atomic E-state index is 0.217. The number of hydrogen-bond acceptors (Lipinski definition) is 2. The lowest BCUT2D eigenvalue weighted by atomic mass is 9.45. The number of allylic oxidation sites excluding steroid dienone is 2. The fourth-order valence-electron chi connectivity index (χ4n) is 8.38. The van der Waals surface area contributed by atoms with Crippen LogP contribution in [-0.2, 0) is 9.59 Å². The van der Waals surface area contributed by atoms with Crippen molar-refractivity contribution < 1.29 is 9.59 Å². The molecular formula is C27H42O2. The summed E-state index contributed by atoms with van der Waals surface area (Å²) >= 11 is 0. The van der Waals surface area contributed by atoms with Gasteiger partial charge in [0.15, 0.2) is 5.78 Å². The minimum absolute atomic E-state index is 0.217. The molecule has 0 aliphatic heterocycles. The molecule has 0 radical (unpaired) electrons. The van der Waals surface area contributed by atoms with E-state index in [9.17, 15) is 9.59 Å². The lowest BCUT2D eigenvalue weighted by molar-refractivity contribution is -0.129. The zero-order valence-electron chi connectivity index (χ0n) is 19.4. The number of Topliss-reactive ketones (excluding diaryl/α,β-unsaturated/α-hetero) is 1. The second-order valence-electron chi connectivity index (χ2n) is 11.9. The summed E-state index contributed by atoms with van der Waals surface area (Å²) < 4.78 is 0. The molecule has 3 saturated carbocycles. The van der Waals surface area contributed by atoms with E-state index in [4.69, 9.17) is 0 Å². The first-order chi connectivity index (χ1) is 13.7. The molecule has 8 atom stereocenters. The fourth-order valence-corrected chi connectivity index (χ4v) is 8.38. The quantitative estimate of drug-likeness (QED) is 0.521. The molecule has 0 spiro atoms. The van der Waals surface area contributed by atoms with Crippen LogP contribution < -0.4 is 0 Å². The highest BCUT2D eigenvalue weighted by Gasteiger charge is 2.60. The van der Waals surface area contributed by atoms with E-state index >= 15 is 0 Å². The van der Waals surface area contributed by atoms with Gasteiger partial charge in [-0.15, -0.1) is 0 Å². The van der Waals surface area contributed by atoms with Gasteiger partial charge in [-0.25, -0.2) is 0 Å². The smallest absolute Gasteiger partial charge is 0.155 e. The van der Waals surface area contributed by atoms with Crippen molar-refractivity contribution in [3.63, 3.8) is 0 Å². The molecule has 0 saturated heterocycles. The lowest BCUT2D eigenvalue weighted by Crippen LogP contribution is -2.52. The molecule has 2 nitrogen and oxygen atoms in total. The summed E-state index contributed by atoms with van der Waals surface area (Å²) in [6.07, 6.45) is 14.4. The predicted molar refractivity (Wildman–Crippen MR) is 118 cm³/mol. The van der Waals surface area contributed by atoms with Gasteiger partial charge in [0, 0.05) is 18.8 Å². The van der Waals surface area contributed by atoms with Gasteiger partial charge in [-0.2, -0.15) is 0 Å². The van der Waals surface area contributed by atoms with Crippen molar-refractivity contribution in [2.45, 2.75) is 92.4 Å². The molecule has 0 N–H and O–H groups in total. The SMILES string of the molecule is CC(C)CCC(=O)C(C)C1CCC2C3CCC4CC(=O)C=CC4(C)C3CCC12C. The highest BCUT2D eigenvalue weighted by Crippen LogP contribution is 2.67. The van der Waals surface area contributed by atoms with Gasteiger partial charge >= 0.3 is 0 Å². The summed E-state index contributed by atoms with van der Waals surface area (Å²) in [6.45, 7) is 11.7. The van der Waals surface area contributed by atoms with Crippen molar-refractivity contribution in [1.29, 1.82) is 0 Å². The first-order valence-electron chi connectivity index (χ1n) is 12.4. The summed E-state index contributed by atoms with van der Waals surface area (Å²) in [5.41, 5.74) is 0.556. The fraction of sp³-hybridized carbons (Fsp3) is 0.852. The second-order valence-corrected chi connectivity index (χ2v) is 11.9. The van der Waals surface area contributed by atoms with E-state index in [0.717, 1.165) is 37.0 Å². The van der Waals surface area contributed by atoms with Crippen LogP contribution in [0.1, 0.15) is 92.4 Å². The van der Waals surface area contributed by atoms with E-state index in [-0.39, 0.29) is 11.3 Å². The number of carbonyl (C=O) groups excluding carboxylic acids is 2. The highest BCUT2D eigenvalue weighted by atomic mass is 16.1. The van der Waals surface area contributed by atoms with E-state index in [1.54, 1.807) is 0 Å². The molecule has 0 bridgehead atoms. The first-order valence-corrected chi connectivity index (χ1v) is 12.4. The van der Waals surface area contributed by atoms with Crippen LogP contribution in [0.15, 0.2) is 12.2 Å². The Hall–Kier alpha value is -0.920. The Kier molecular flexibility index (Phi) is 5.62. The molecule has 29 heavy (non-hydrogen) atoms. The van der Waals surface area contributed by atoms with Gasteiger partial charge in [0.05, 0.1) is 0 Å². The summed E-state index contributed by atoms with van der Waals surface area (Å²) in [5.74, 6) is 5.10. The van der Waals surface area contributed by atoms with E-state index in [0.29, 0.717) is 34.7 Å². The van der Waals surface area contributed by atoms with Crippen molar-refractivity contribution in [3.8, 4) is 0 Å². The van der Waals surface area contributed by atoms with E-state index in [2.05, 4.69) is 40.7 Å². The van der Waals surface area contributed by atoms with Gasteiger partial charge in [-0.1, -0.05) is 40.7 Å². The summed E-state index contributed by atoms with van der Waals surface area (Å²) in [7, 11) is 0. The average molecular weight is 399 g/mol. The van der Waals surface area contributed by atoms with Crippen LogP contribution in [0.3, 0.4) is 0 Å². The molecule has 8 unspecified atom stereocenters. The van der Waals surface area contributed by atoms with Gasteiger partial charge in [0.1, 0.15) is 5.78 Å². The third kappa shape index (κ3) is 3.47. The number of hydrogen-bond donors (Lipinski definition) is 0. The van der Waals surface area contributed by atoms with Crippen LogP contribution in [-0.4, -0.2) is 11.6 Å². The number of rotatable bonds is 5. The van der Waals surface area contributed by atoms with Crippen LogP contribution in [0, 0.1) is 52.3 Å². The molecule has 0 aromatic carbocycles. The Morgan fingerprint density at radius 3 is 2.55 bits per heavy atom. The molecule has 0 aromatic heterocycles. The maximum absolute atomic E-state index is 13.0. The largest absolute Gasteiger partial charge is 0.299 e. The van der Waals surface area contributed by atoms with E-state index in [1.165, 1.54) is 38.5 Å². The van der Waals surface area contributed by atoms with Crippen LogP contribution in [0.5, 0.6) is 0 Å². The lowest BCUT2D eigenvalue weighted by Gasteiger charge is -2.59. The molecule has 0 aromatic rings.